The van der Waals surface area contributed by atoms with Gasteiger partial charge in [-0.05, 0) is 47.3 Å². The summed E-state index contributed by atoms with van der Waals surface area (Å²) in [6.45, 7) is 1.18. The minimum absolute atomic E-state index is 0.132. The fourth-order valence-corrected chi connectivity index (χ4v) is 2.53. The number of rotatable bonds is 4. The third kappa shape index (κ3) is 5.08. The Morgan fingerprint density at radius 2 is 1.91 bits per heavy atom. The predicted molar refractivity (Wildman–Crippen MR) is 76.8 cm³/mol. The number of likely N-dealkylation sites (tertiary alicyclic amines) is 1. The molecule has 0 spiro atoms. The molecule has 1 aliphatic heterocycles. The number of carbonyl (C=O) groups is 1. The number of ether oxygens (including phenoxy) is 2. The van der Waals surface area contributed by atoms with E-state index in [2.05, 4.69) is 20.7 Å². The Hall–Kier alpha value is -1.44. The number of alkyl halides is 3. The first-order valence-electron chi connectivity index (χ1n) is 6.81. The molecule has 0 aliphatic carbocycles. The number of piperidine rings is 1. The number of hydrogen-bond acceptors (Lipinski definition) is 3. The zero-order chi connectivity index (χ0) is 16.2. The van der Waals surface area contributed by atoms with E-state index in [0.717, 1.165) is 31.4 Å². The van der Waals surface area contributed by atoms with Crippen molar-refractivity contribution in [1.29, 1.82) is 0 Å². The van der Waals surface area contributed by atoms with Crippen LogP contribution in [-0.4, -0.2) is 36.9 Å². The summed E-state index contributed by atoms with van der Waals surface area (Å²) in [7, 11) is 0. The number of hydrogen-bond donors (Lipinski definition) is 0. The summed E-state index contributed by atoms with van der Waals surface area (Å²) in [6.07, 6.45) is -1.74. The molecule has 0 saturated carbocycles. The lowest BCUT2D eigenvalue weighted by Gasteiger charge is -2.26. The van der Waals surface area contributed by atoms with E-state index in [1.807, 2.05) is 0 Å². The third-order valence-electron chi connectivity index (χ3n) is 3.20. The molecule has 122 valence electrons. The Kier molecular flexibility index (Phi) is 5.55. The largest absolute Gasteiger partial charge is 0.573 e. The third-order valence-corrected chi connectivity index (χ3v) is 3.85. The van der Waals surface area contributed by atoms with Gasteiger partial charge in [-0.15, -0.1) is 13.2 Å². The molecule has 1 aromatic carbocycles. The van der Waals surface area contributed by atoms with Crippen LogP contribution in [0.1, 0.15) is 19.3 Å². The second-order valence-corrected chi connectivity index (χ2v) is 5.72. The van der Waals surface area contributed by atoms with E-state index in [1.165, 1.54) is 6.07 Å². The van der Waals surface area contributed by atoms with Crippen LogP contribution in [-0.2, 0) is 4.79 Å². The number of nitrogens with zero attached hydrogens (tertiary/aromatic N) is 1. The van der Waals surface area contributed by atoms with Crippen molar-refractivity contribution in [3.63, 3.8) is 0 Å². The smallest absolute Gasteiger partial charge is 0.482 e. The molecule has 22 heavy (non-hydrogen) atoms. The lowest BCUT2D eigenvalue weighted by atomic mass is 10.1. The molecular formula is C14H15BrF3NO3. The van der Waals surface area contributed by atoms with Gasteiger partial charge < -0.3 is 14.4 Å². The molecule has 1 fully saturated rings. The summed E-state index contributed by atoms with van der Waals surface area (Å²) in [5.41, 5.74) is 0. The molecule has 0 radical (unpaired) electrons. The van der Waals surface area contributed by atoms with E-state index in [0.29, 0.717) is 17.6 Å². The van der Waals surface area contributed by atoms with Crippen molar-refractivity contribution in [2.75, 3.05) is 19.7 Å². The molecular weight excluding hydrogens is 367 g/mol. The normalized spacial score (nSPS) is 15.5. The summed E-state index contributed by atoms with van der Waals surface area (Å²) in [6, 6.07) is 3.64. The second-order valence-electron chi connectivity index (χ2n) is 4.87. The van der Waals surface area contributed by atoms with Crippen molar-refractivity contribution < 1.29 is 27.4 Å². The number of amides is 1. The predicted octanol–water partition coefficient (Wildman–Crippen LogP) is 3.74. The highest BCUT2D eigenvalue weighted by Crippen LogP contribution is 2.32. The Balaban J connectivity index is 1.96. The van der Waals surface area contributed by atoms with Crippen LogP contribution in [0.2, 0.25) is 0 Å². The van der Waals surface area contributed by atoms with Gasteiger partial charge >= 0.3 is 6.36 Å². The molecule has 2 rings (SSSR count). The van der Waals surface area contributed by atoms with E-state index < -0.39 is 12.1 Å². The molecule has 0 atom stereocenters. The maximum absolute atomic E-state index is 12.2. The minimum atomic E-state index is -4.77. The second kappa shape index (κ2) is 7.21. The molecule has 8 heteroatoms. The van der Waals surface area contributed by atoms with Crippen molar-refractivity contribution >= 4 is 21.8 Å². The van der Waals surface area contributed by atoms with Gasteiger partial charge in [-0.1, -0.05) is 0 Å². The molecule has 1 saturated heterocycles. The molecule has 4 nitrogen and oxygen atoms in total. The molecule has 1 aromatic rings. The monoisotopic (exact) mass is 381 g/mol. The van der Waals surface area contributed by atoms with Crippen molar-refractivity contribution in [2.45, 2.75) is 25.6 Å². The van der Waals surface area contributed by atoms with Crippen LogP contribution in [0.5, 0.6) is 11.5 Å². The van der Waals surface area contributed by atoms with E-state index >= 15 is 0 Å². The van der Waals surface area contributed by atoms with Crippen LogP contribution in [0.25, 0.3) is 0 Å². The maximum atomic E-state index is 12.2. The van der Waals surface area contributed by atoms with Crippen LogP contribution in [0.4, 0.5) is 13.2 Å². The Morgan fingerprint density at radius 1 is 1.23 bits per heavy atom. The van der Waals surface area contributed by atoms with Crippen LogP contribution < -0.4 is 9.47 Å². The van der Waals surface area contributed by atoms with E-state index in [4.69, 9.17) is 4.74 Å². The molecule has 0 bridgehead atoms. The molecule has 1 aliphatic rings. The first-order valence-corrected chi connectivity index (χ1v) is 7.60. The Labute approximate surface area is 134 Å². The summed E-state index contributed by atoms with van der Waals surface area (Å²) >= 11 is 3.17. The molecule has 0 aromatic heterocycles. The van der Waals surface area contributed by atoms with Crippen LogP contribution in [0, 0.1) is 0 Å². The van der Waals surface area contributed by atoms with Gasteiger partial charge in [0, 0.05) is 19.2 Å². The topological polar surface area (TPSA) is 38.8 Å². The van der Waals surface area contributed by atoms with Gasteiger partial charge in [0.1, 0.15) is 11.5 Å². The zero-order valence-electron chi connectivity index (χ0n) is 11.7. The van der Waals surface area contributed by atoms with Gasteiger partial charge in [0.15, 0.2) is 6.61 Å². The van der Waals surface area contributed by atoms with Gasteiger partial charge in [0.25, 0.3) is 5.91 Å². The first kappa shape index (κ1) is 16.9. The number of carbonyl (C=O) groups excluding carboxylic acids is 1. The zero-order valence-corrected chi connectivity index (χ0v) is 13.2. The summed E-state index contributed by atoms with van der Waals surface area (Å²) in [4.78, 5) is 13.7. The lowest BCUT2D eigenvalue weighted by Crippen LogP contribution is -2.38. The standard InChI is InChI=1S/C14H15BrF3NO3/c15-11-5-4-10(22-14(16,17)18)8-12(11)21-9-13(20)19-6-2-1-3-7-19/h4-5,8H,1-3,6-7,9H2. The van der Waals surface area contributed by atoms with Crippen LogP contribution in [0.15, 0.2) is 22.7 Å². The highest BCUT2D eigenvalue weighted by atomic mass is 79.9. The number of halogens is 4. The molecule has 0 N–H and O–H groups in total. The lowest BCUT2D eigenvalue weighted by molar-refractivity contribution is -0.274. The van der Waals surface area contributed by atoms with Gasteiger partial charge in [0.2, 0.25) is 0 Å². The van der Waals surface area contributed by atoms with Crippen molar-refractivity contribution in [3.05, 3.63) is 22.7 Å². The highest BCUT2D eigenvalue weighted by molar-refractivity contribution is 9.10. The summed E-state index contributed by atoms with van der Waals surface area (Å²) < 4.78 is 46.2. The van der Waals surface area contributed by atoms with Crippen molar-refractivity contribution in [2.24, 2.45) is 0 Å². The molecule has 0 unspecified atom stereocenters. The minimum Gasteiger partial charge on any atom is -0.482 e. The quantitative estimate of drug-likeness (QED) is 0.797. The Morgan fingerprint density at radius 3 is 2.55 bits per heavy atom. The van der Waals surface area contributed by atoms with Crippen molar-refractivity contribution in [1.82, 2.24) is 4.90 Å². The van der Waals surface area contributed by atoms with Gasteiger partial charge in [-0.25, -0.2) is 0 Å². The average molecular weight is 382 g/mol. The first-order chi connectivity index (χ1) is 10.3. The SMILES string of the molecule is O=C(COc1cc(OC(F)(F)F)ccc1Br)N1CCCCC1. The molecule has 1 amide bonds. The fourth-order valence-electron chi connectivity index (χ4n) is 2.17. The molecule has 1 heterocycles. The number of benzene rings is 1. The van der Waals surface area contributed by atoms with Crippen LogP contribution >= 0.6 is 15.9 Å². The fraction of sp³-hybridized carbons (Fsp3) is 0.500. The van der Waals surface area contributed by atoms with Gasteiger partial charge in [0.05, 0.1) is 4.47 Å². The summed E-state index contributed by atoms with van der Waals surface area (Å²) in [5.74, 6) is -0.433. The summed E-state index contributed by atoms with van der Waals surface area (Å²) in [5, 5.41) is 0. The van der Waals surface area contributed by atoms with Crippen LogP contribution in [0.3, 0.4) is 0 Å². The maximum Gasteiger partial charge on any atom is 0.573 e. The van der Waals surface area contributed by atoms with Gasteiger partial charge in [-0.3, -0.25) is 4.79 Å². The highest BCUT2D eigenvalue weighted by Gasteiger charge is 2.31. The van der Waals surface area contributed by atoms with E-state index in [1.54, 1.807) is 4.90 Å². The van der Waals surface area contributed by atoms with E-state index in [9.17, 15) is 18.0 Å². The Bertz CT molecular complexity index is 531. The van der Waals surface area contributed by atoms with Gasteiger partial charge in [-0.2, -0.15) is 0 Å². The average Bonchev–Trinajstić information content (AvgIpc) is 2.47. The van der Waals surface area contributed by atoms with E-state index in [-0.39, 0.29) is 18.3 Å². The van der Waals surface area contributed by atoms with Crippen molar-refractivity contribution in [3.8, 4) is 11.5 Å².